The Bertz CT molecular complexity index is 2600. The van der Waals surface area contributed by atoms with Crippen molar-refractivity contribution in [2.45, 2.75) is 115 Å². The van der Waals surface area contributed by atoms with Crippen LogP contribution in [0.15, 0.2) is 60.4 Å². The van der Waals surface area contributed by atoms with Gasteiger partial charge in [0.25, 0.3) is 5.91 Å². The Morgan fingerprint density at radius 3 is 2.26 bits per heavy atom. The van der Waals surface area contributed by atoms with Crippen LogP contribution in [0.4, 0.5) is 18.9 Å². The van der Waals surface area contributed by atoms with Crippen molar-refractivity contribution in [1.82, 2.24) is 45.0 Å². The summed E-state index contributed by atoms with van der Waals surface area (Å²) in [6.07, 6.45) is -0.0537. The number of hydrogen-bond acceptors (Lipinski definition) is 12. The highest BCUT2D eigenvalue weighted by Crippen LogP contribution is 2.36. The Labute approximate surface area is 410 Å². The van der Waals surface area contributed by atoms with E-state index in [1.807, 2.05) is 63.7 Å². The molecule has 4 fully saturated rings. The van der Waals surface area contributed by atoms with Crippen molar-refractivity contribution >= 4 is 40.7 Å². The van der Waals surface area contributed by atoms with Crippen molar-refractivity contribution < 1.29 is 37.5 Å². The van der Waals surface area contributed by atoms with Crippen molar-refractivity contribution in [2.24, 2.45) is 5.41 Å². The molecule has 3 atom stereocenters. The molecule has 0 bridgehead atoms. The van der Waals surface area contributed by atoms with E-state index >= 15 is 0 Å². The second-order valence-electron chi connectivity index (χ2n) is 20.8. The van der Waals surface area contributed by atoms with Gasteiger partial charge in [-0.15, -0.1) is 11.3 Å². The number of aryl methyl sites for hydroxylation is 1. The summed E-state index contributed by atoms with van der Waals surface area (Å²) >= 11 is 1.57. The lowest BCUT2D eigenvalue weighted by molar-refractivity contribution is -0.144. The fourth-order valence-electron chi connectivity index (χ4n) is 9.90. The van der Waals surface area contributed by atoms with Gasteiger partial charge in [-0.3, -0.25) is 38.6 Å². The number of piperidine rings is 1. The van der Waals surface area contributed by atoms with Crippen LogP contribution in [-0.2, 0) is 37.4 Å². The topological polar surface area (TPSA) is 192 Å². The molecule has 4 N–H and O–H groups in total. The van der Waals surface area contributed by atoms with E-state index in [0.717, 1.165) is 91.5 Å². The number of β-amino-alcohol motifs (C(OH)–C–C–N with tert-alkyl or cyclic N) is 1. The monoisotopic (exact) mass is 985 g/mol. The van der Waals surface area contributed by atoms with E-state index in [0.29, 0.717) is 12.1 Å². The first-order valence-corrected chi connectivity index (χ1v) is 24.7. The van der Waals surface area contributed by atoms with E-state index in [4.69, 9.17) is 5.26 Å². The molecule has 70 heavy (non-hydrogen) atoms. The van der Waals surface area contributed by atoms with Crippen LogP contribution in [0, 0.1) is 23.7 Å². The molecule has 374 valence electrons. The number of anilines is 1. The number of hydrogen-bond donors (Lipinski definition) is 4. The highest BCUT2D eigenvalue weighted by molar-refractivity contribution is 7.13. The number of aliphatic hydroxyl groups excluding tert-OH is 1. The van der Waals surface area contributed by atoms with Crippen LogP contribution < -0.4 is 16.0 Å². The lowest BCUT2D eigenvalue weighted by Gasteiger charge is -2.55. The standard InChI is InChI=1S/C50H62F3N11O5S/c1-30-43(70-29-56-30)33-9-7-31(8-10-33)20-55-45(67)41-18-39(65)27-63(41)46(68)44(48(2,3)4)59-42(66)28-60-23-37(24-60)62-25-38(26-62)61-15-13-32(14-16-61)35-21-57-64(22-35)49(5,6)47(69)58-36-12-11-34(19-54)40(17-36)50(51,52)53/h7-12,17,21-22,29,32,37-39,41,44,65H,13-16,18,20,23-28H2,1-6H3,(H,55,67)(H,58,69)(H,59,66)/t39-,41+,44-/m1/s1. The number of likely N-dealkylation sites (tertiary alicyclic amines) is 4. The highest BCUT2D eigenvalue weighted by atomic mass is 32.1. The predicted octanol–water partition coefficient (Wildman–Crippen LogP) is 4.94. The molecule has 0 radical (unpaired) electrons. The summed E-state index contributed by atoms with van der Waals surface area (Å²) in [7, 11) is 0. The number of nitriles is 1. The molecule has 0 saturated carbocycles. The number of halogens is 3. The van der Waals surface area contributed by atoms with Crippen molar-refractivity contribution in [3.8, 4) is 16.5 Å². The molecule has 4 saturated heterocycles. The quantitative estimate of drug-likeness (QED) is 0.134. The smallest absolute Gasteiger partial charge is 0.391 e. The minimum atomic E-state index is -4.74. The molecule has 2 aromatic heterocycles. The third kappa shape index (κ3) is 11.1. The number of nitrogens with one attached hydrogen (secondary N) is 3. The van der Waals surface area contributed by atoms with Gasteiger partial charge in [0.2, 0.25) is 17.7 Å². The number of thiazole rings is 1. The van der Waals surface area contributed by atoms with Crippen LogP contribution in [0.5, 0.6) is 0 Å². The molecule has 4 aliphatic rings. The second kappa shape index (κ2) is 20.2. The molecule has 0 aliphatic carbocycles. The molecule has 2 aromatic carbocycles. The van der Waals surface area contributed by atoms with E-state index in [9.17, 15) is 37.5 Å². The molecule has 4 aromatic rings. The summed E-state index contributed by atoms with van der Waals surface area (Å²) in [5, 5.41) is 32.7. The molecule has 0 spiro atoms. The summed E-state index contributed by atoms with van der Waals surface area (Å²) in [5.74, 6) is -1.31. The van der Waals surface area contributed by atoms with Crippen LogP contribution in [0.1, 0.15) is 87.7 Å². The van der Waals surface area contributed by atoms with Crippen LogP contribution in [0.3, 0.4) is 0 Å². The molecule has 0 unspecified atom stereocenters. The number of rotatable bonds is 14. The fraction of sp³-hybridized carbons (Fsp3) is 0.540. The van der Waals surface area contributed by atoms with Crippen LogP contribution in [0.2, 0.25) is 0 Å². The van der Waals surface area contributed by atoms with Gasteiger partial charge < -0.3 is 26.0 Å². The van der Waals surface area contributed by atoms with Gasteiger partial charge in [-0.05, 0) is 92.9 Å². The summed E-state index contributed by atoms with van der Waals surface area (Å²) in [6, 6.07) is 11.5. The molecular formula is C50H62F3N11O5S. The highest BCUT2D eigenvalue weighted by Gasteiger charge is 2.46. The van der Waals surface area contributed by atoms with Crippen molar-refractivity contribution in [3.05, 3.63) is 88.3 Å². The third-order valence-electron chi connectivity index (χ3n) is 14.4. The van der Waals surface area contributed by atoms with Crippen molar-refractivity contribution in [3.63, 3.8) is 0 Å². The van der Waals surface area contributed by atoms with E-state index < -0.39 is 58.3 Å². The van der Waals surface area contributed by atoms with E-state index in [2.05, 4.69) is 40.7 Å². The van der Waals surface area contributed by atoms with Gasteiger partial charge >= 0.3 is 6.18 Å². The zero-order chi connectivity index (χ0) is 50.3. The summed E-state index contributed by atoms with van der Waals surface area (Å²) in [4.78, 5) is 68.4. The number of amides is 4. The van der Waals surface area contributed by atoms with Gasteiger partial charge in [-0.2, -0.15) is 23.5 Å². The van der Waals surface area contributed by atoms with Crippen molar-refractivity contribution in [1.29, 1.82) is 5.26 Å². The normalized spacial score (nSPS) is 20.6. The first-order valence-electron chi connectivity index (χ1n) is 23.8. The predicted molar refractivity (Wildman–Crippen MR) is 257 cm³/mol. The third-order valence-corrected chi connectivity index (χ3v) is 15.4. The zero-order valence-electron chi connectivity index (χ0n) is 40.4. The Morgan fingerprint density at radius 1 is 0.943 bits per heavy atom. The Kier molecular flexibility index (Phi) is 14.6. The number of carbonyl (C=O) groups excluding carboxylic acids is 4. The fourth-order valence-corrected chi connectivity index (χ4v) is 10.7. The molecule has 8 rings (SSSR count). The molecule has 16 nitrogen and oxygen atoms in total. The summed E-state index contributed by atoms with van der Waals surface area (Å²) < 4.78 is 42.1. The van der Waals surface area contributed by atoms with Gasteiger partial charge in [-0.25, -0.2) is 4.98 Å². The number of benzene rings is 2. The molecular weight excluding hydrogens is 924 g/mol. The Hall–Kier alpha value is -5.72. The first kappa shape index (κ1) is 50.7. The Morgan fingerprint density at radius 2 is 1.63 bits per heavy atom. The molecule has 4 aliphatic heterocycles. The average Bonchev–Trinajstić information content (AvgIpc) is 4.06. The summed E-state index contributed by atoms with van der Waals surface area (Å²) in [5.41, 5.74) is 2.16. The minimum Gasteiger partial charge on any atom is -0.391 e. The number of alkyl halides is 3. The number of aliphatic hydroxyl groups is 1. The first-order chi connectivity index (χ1) is 33.1. The number of nitrogens with zero attached hydrogens (tertiary/aromatic N) is 8. The molecule has 20 heteroatoms. The van der Waals surface area contributed by atoms with Crippen LogP contribution in [0.25, 0.3) is 10.4 Å². The van der Waals surface area contributed by atoms with Gasteiger partial charge in [0.1, 0.15) is 17.6 Å². The van der Waals surface area contributed by atoms with E-state index in [1.165, 1.54) is 11.0 Å². The lowest BCUT2D eigenvalue weighted by atomic mass is 9.85. The zero-order valence-corrected chi connectivity index (χ0v) is 41.2. The maximum Gasteiger partial charge on any atom is 0.417 e. The van der Waals surface area contributed by atoms with Crippen LogP contribution in [-0.4, -0.2) is 146 Å². The van der Waals surface area contributed by atoms with Gasteiger partial charge in [-0.1, -0.05) is 45.0 Å². The largest absolute Gasteiger partial charge is 0.417 e. The molecule has 4 amide bonds. The van der Waals surface area contributed by atoms with Crippen LogP contribution >= 0.6 is 11.3 Å². The number of carbonyl (C=O) groups is 4. The molecule has 6 heterocycles. The SMILES string of the molecule is Cc1ncsc1-c1ccc(CNC(=O)[C@@H]2C[C@@H](O)CN2C(=O)[C@@H](NC(=O)CN2CC(N3CC(N4CCC(c5cnn(C(C)(C)C(=O)Nc6ccc(C#N)c(C(F)(F)F)c6)c5)CC4)C3)C2)C(C)(C)C)cc1. The maximum absolute atomic E-state index is 14.1. The van der Waals surface area contributed by atoms with Crippen molar-refractivity contribution in [2.75, 3.05) is 57.7 Å². The number of aromatic nitrogens is 3. The maximum atomic E-state index is 14.1. The minimum absolute atomic E-state index is 0.00375. The second-order valence-corrected chi connectivity index (χ2v) is 21.7. The summed E-state index contributed by atoms with van der Waals surface area (Å²) in [6.45, 7) is 16.5. The van der Waals surface area contributed by atoms with E-state index in [-0.39, 0.29) is 49.5 Å². The van der Waals surface area contributed by atoms with Gasteiger partial charge in [0.05, 0.1) is 52.1 Å². The van der Waals surface area contributed by atoms with Gasteiger partial charge in [0, 0.05) is 69.7 Å². The van der Waals surface area contributed by atoms with E-state index in [1.54, 1.807) is 42.1 Å². The van der Waals surface area contributed by atoms with Gasteiger partial charge in [0.15, 0.2) is 0 Å². The Balaban J connectivity index is 0.755. The lowest BCUT2D eigenvalue weighted by Crippen LogP contribution is -2.70. The average molecular weight is 986 g/mol.